The molecule has 4 rings (SSSR count). The fourth-order valence-corrected chi connectivity index (χ4v) is 4.86. The Balaban J connectivity index is 1.27. The van der Waals surface area contributed by atoms with Gasteiger partial charge in [-0.3, -0.25) is 20.4 Å². The van der Waals surface area contributed by atoms with E-state index < -0.39 is 0 Å². The normalized spacial score (nSPS) is 10.7. The second kappa shape index (κ2) is 9.56. The second-order valence-electron chi connectivity index (χ2n) is 6.60. The van der Waals surface area contributed by atoms with Gasteiger partial charge >= 0.3 is 0 Å². The Kier molecular flexibility index (Phi) is 6.41. The van der Waals surface area contributed by atoms with Crippen molar-refractivity contribution in [3.63, 3.8) is 0 Å². The van der Waals surface area contributed by atoms with Crippen LogP contribution in [0.4, 0.5) is 0 Å². The Hall–Kier alpha value is -3.16. The largest absolute Gasteiger partial charge is 0.273 e. The van der Waals surface area contributed by atoms with E-state index in [9.17, 15) is 9.59 Å². The van der Waals surface area contributed by atoms with Gasteiger partial charge in [-0.15, -0.1) is 11.3 Å². The summed E-state index contributed by atoms with van der Waals surface area (Å²) >= 11 is 3.36. The first-order valence-electron chi connectivity index (χ1n) is 9.38. The monoisotopic (exact) mass is 433 g/mol. The Morgan fingerprint density at radius 2 is 1.57 bits per heavy atom. The molecule has 0 radical (unpaired) electrons. The molecule has 0 aliphatic rings. The van der Waals surface area contributed by atoms with Gasteiger partial charge in [0.1, 0.15) is 0 Å². The molecule has 0 saturated carbocycles. The minimum absolute atomic E-state index is 0.211. The van der Waals surface area contributed by atoms with E-state index in [1.165, 1.54) is 4.70 Å². The van der Waals surface area contributed by atoms with E-state index in [4.69, 9.17) is 0 Å². The molecule has 0 aliphatic heterocycles. The van der Waals surface area contributed by atoms with Crippen LogP contribution in [-0.4, -0.2) is 16.8 Å². The number of thiazole rings is 1. The van der Waals surface area contributed by atoms with Crippen molar-refractivity contribution < 1.29 is 9.59 Å². The minimum atomic E-state index is -0.346. The number of nitrogens with zero attached hydrogens (tertiary/aromatic N) is 1. The molecule has 3 aromatic carbocycles. The summed E-state index contributed by atoms with van der Waals surface area (Å²) < 4.78 is 2.21. The Labute approximate surface area is 182 Å². The van der Waals surface area contributed by atoms with Gasteiger partial charge in [0.25, 0.3) is 5.91 Å². The number of thioether (sulfide) groups is 1. The quantitative estimate of drug-likeness (QED) is 0.345. The zero-order valence-electron chi connectivity index (χ0n) is 16.0. The van der Waals surface area contributed by atoms with Crippen LogP contribution in [0.2, 0.25) is 0 Å². The van der Waals surface area contributed by atoms with Crippen LogP contribution in [0.15, 0.2) is 83.2 Å². The van der Waals surface area contributed by atoms with E-state index in [0.29, 0.717) is 5.56 Å². The van der Waals surface area contributed by atoms with Gasteiger partial charge in [-0.25, -0.2) is 4.98 Å². The van der Waals surface area contributed by atoms with Gasteiger partial charge < -0.3 is 0 Å². The zero-order valence-corrected chi connectivity index (χ0v) is 17.6. The van der Waals surface area contributed by atoms with Crippen LogP contribution >= 0.6 is 23.1 Å². The number of carbonyl (C=O) groups excluding carboxylic acids is 2. The lowest BCUT2D eigenvalue weighted by molar-refractivity contribution is -0.121. The molecule has 0 fully saturated rings. The molecule has 1 aromatic heterocycles. The predicted molar refractivity (Wildman–Crippen MR) is 121 cm³/mol. The SMILES string of the molecule is O=C(Cc1ccccc1)NNC(=O)c1ccc(CSc2nc3ccccc3s2)cc1. The lowest BCUT2D eigenvalue weighted by atomic mass is 10.1. The maximum atomic E-state index is 12.3. The van der Waals surface area contributed by atoms with Gasteiger partial charge in [0.2, 0.25) is 5.91 Å². The molecule has 2 N–H and O–H groups in total. The topological polar surface area (TPSA) is 71.1 Å². The number of carbonyl (C=O) groups is 2. The van der Waals surface area contributed by atoms with Crippen molar-refractivity contribution in [1.29, 1.82) is 0 Å². The second-order valence-corrected chi connectivity index (χ2v) is 8.85. The number of rotatable bonds is 6. The molecular formula is C23H19N3O2S2. The van der Waals surface area contributed by atoms with Crippen molar-refractivity contribution in [2.24, 2.45) is 0 Å². The van der Waals surface area contributed by atoms with E-state index in [1.807, 2.05) is 60.7 Å². The molecule has 30 heavy (non-hydrogen) atoms. The smallest absolute Gasteiger partial charge is 0.269 e. The van der Waals surface area contributed by atoms with Crippen LogP contribution in [0.1, 0.15) is 21.5 Å². The fourth-order valence-electron chi connectivity index (χ4n) is 2.83. The third kappa shape index (κ3) is 5.25. The first-order chi connectivity index (χ1) is 14.7. The Morgan fingerprint density at radius 3 is 2.33 bits per heavy atom. The van der Waals surface area contributed by atoms with Gasteiger partial charge in [-0.1, -0.05) is 66.4 Å². The highest BCUT2D eigenvalue weighted by molar-refractivity contribution is 8.00. The number of aromatic nitrogens is 1. The highest BCUT2D eigenvalue weighted by Gasteiger charge is 2.09. The van der Waals surface area contributed by atoms with E-state index in [1.54, 1.807) is 35.2 Å². The molecule has 4 aromatic rings. The van der Waals surface area contributed by atoms with Crippen molar-refractivity contribution in [1.82, 2.24) is 15.8 Å². The molecule has 0 aliphatic carbocycles. The van der Waals surface area contributed by atoms with E-state index in [0.717, 1.165) is 26.7 Å². The number of fused-ring (bicyclic) bond motifs is 1. The summed E-state index contributed by atoms with van der Waals surface area (Å²) in [6.45, 7) is 0. The number of hydrogen-bond acceptors (Lipinski definition) is 5. The number of amides is 2. The molecule has 0 unspecified atom stereocenters. The first-order valence-corrected chi connectivity index (χ1v) is 11.2. The van der Waals surface area contributed by atoms with Crippen LogP contribution < -0.4 is 10.9 Å². The highest BCUT2D eigenvalue weighted by atomic mass is 32.2. The molecular weight excluding hydrogens is 414 g/mol. The van der Waals surface area contributed by atoms with Crippen molar-refractivity contribution in [3.05, 3.63) is 95.6 Å². The van der Waals surface area contributed by atoms with Gasteiger partial charge in [0.15, 0.2) is 4.34 Å². The number of para-hydroxylation sites is 1. The third-order valence-corrected chi connectivity index (χ3v) is 6.63. The number of benzene rings is 3. The van der Waals surface area contributed by atoms with Crippen LogP contribution in [0.25, 0.3) is 10.2 Å². The number of nitrogens with one attached hydrogen (secondary N) is 2. The van der Waals surface area contributed by atoms with Crippen LogP contribution in [0.3, 0.4) is 0 Å². The van der Waals surface area contributed by atoms with Gasteiger partial charge in [-0.2, -0.15) is 0 Å². The van der Waals surface area contributed by atoms with Crippen LogP contribution in [0.5, 0.6) is 0 Å². The van der Waals surface area contributed by atoms with Gasteiger partial charge in [0.05, 0.1) is 16.6 Å². The average molecular weight is 434 g/mol. The van der Waals surface area contributed by atoms with Crippen LogP contribution in [-0.2, 0) is 17.0 Å². The van der Waals surface area contributed by atoms with Crippen molar-refractivity contribution in [2.75, 3.05) is 0 Å². The summed E-state index contributed by atoms with van der Waals surface area (Å²) in [5.74, 6) is 0.162. The number of hydrazine groups is 1. The van der Waals surface area contributed by atoms with E-state index in [-0.39, 0.29) is 18.2 Å². The molecule has 0 saturated heterocycles. The molecule has 7 heteroatoms. The average Bonchev–Trinajstić information content (AvgIpc) is 3.20. The summed E-state index contributed by atoms with van der Waals surface area (Å²) in [5, 5.41) is 0. The summed E-state index contributed by atoms with van der Waals surface area (Å²) in [4.78, 5) is 28.8. The Bertz CT molecular complexity index is 1130. The lowest BCUT2D eigenvalue weighted by Crippen LogP contribution is -2.42. The molecule has 1 heterocycles. The maximum Gasteiger partial charge on any atom is 0.269 e. The summed E-state index contributed by atoms with van der Waals surface area (Å²) in [6, 6.07) is 24.8. The summed E-state index contributed by atoms with van der Waals surface area (Å²) in [5.41, 5.74) is 8.41. The van der Waals surface area contributed by atoms with Gasteiger partial charge in [-0.05, 0) is 35.4 Å². The fraction of sp³-hybridized carbons (Fsp3) is 0.0870. The highest BCUT2D eigenvalue weighted by Crippen LogP contribution is 2.31. The molecule has 150 valence electrons. The molecule has 0 atom stereocenters. The molecule has 2 amide bonds. The lowest BCUT2D eigenvalue weighted by Gasteiger charge is -2.08. The summed E-state index contributed by atoms with van der Waals surface area (Å²) in [7, 11) is 0. The van der Waals surface area contributed by atoms with Crippen molar-refractivity contribution >= 4 is 45.1 Å². The third-order valence-electron chi connectivity index (χ3n) is 4.38. The van der Waals surface area contributed by atoms with Crippen molar-refractivity contribution in [3.8, 4) is 0 Å². The maximum absolute atomic E-state index is 12.3. The van der Waals surface area contributed by atoms with E-state index >= 15 is 0 Å². The summed E-state index contributed by atoms with van der Waals surface area (Å²) in [6.07, 6.45) is 0.211. The van der Waals surface area contributed by atoms with Gasteiger partial charge in [0, 0.05) is 11.3 Å². The minimum Gasteiger partial charge on any atom is -0.273 e. The predicted octanol–water partition coefficient (Wildman–Crippen LogP) is 4.59. The van der Waals surface area contributed by atoms with Crippen LogP contribution in [0, 0.1) is 0 Å². The Morgan fingerprint density at radius 1 is 0.833 bits per heavy atom. The molecule has 0 bridgehead atoms. The molecule has 5 nitrogen and oxygen atoms in total. The number of hydrogen-bond donors (Lipinski definition) is 2. The van der Waals surface area contributed by atoms with Crippen molar-refractivity contribution in [2.45, 2.75) is 16.5 Å². The zero-order chi connectivity index (χ0) is 20.8. The molecule has 0 spiro atoms. The first kappa shape index (κ1) is 20.1. The van der Waals surface area contributed by atoms with E-state index in [2.05, 4.69) is 21.9 Å². The standard InChI is InChI=1S/C23H19N3O2S2/c27-21(14-16-6-2-1-3-7-16)25-26-22(28)18-12-10-17(11-13-18)15-29-23-24-19-8-4-5-9-20(19)30-23/h1-13H,14-15H2,(H,25,27)(H,26,28).